The van der Waals surface area contributed by atoms with Crippen LogP contribution in [-0.4, -0.2) is 59.5 Å². The molecular weight excluding hydrogens is 380 g/mol. The van der Waals surface area contributed by atoms with E-state index >= 15 is 0 Å². The Morgan fingerprint density at radius 3 is 2.72 bits per heavy atom. The molecule has 1 atom stereocenters. The van der Waals surface area contributed by atoms with E-state index < -0.39 is 0 Å². The van der Waals surface area contributed by atoms with Gasteiger partial charge in [-0.15, -0.1) is 11.3 Å². The Morgan fingerprint density at radius 2 is 1.97 bits per heavy atom. The average Bonchev–Trinajstić information content (AvgIpc) is 3.28. The summed E-state index contributed by atoms with van der Waals surface area (Å²) in [5, 5.41) is 6.45. The van der Waals surface area contributed by atoms with Gasteiger partial charge in [-0.1, -0.05) is 30.3 Å². The Labute approximate surface area is 178 Å². The maximum Gasteiger partial charge on any atom is 0.224 e. The molecule has 0 aliphatic carbocycles. The summed E-state index contributed by atoms with van der Waals surface area (Å²) in [5.41, 5.74) is 1.28. The summed E-state index contributed by atoms with van der Waals surface area (Å²) in [7, 11) is 0. The van der Waals surface area contributed by atoms with Crippen molar-refractivity contribution >= 4 is 17.2 Å². The van der Waals surface area contributed by atoms with Gasteiger partial charge in [0.15, 0.2) is 0 Å². The first-order valence-corrected chi connectivity index (χ1v) is 11.8. The predicted molar refractivity (Wildman–Crippen MR) is 118 cm³/mol. The first-order chi connectivity index (χ1) is 14.3. The number of carbonyl (C=O) groups is 1. The first-order valence-electron chi connectivity index (χ1n) is 10.9. The predicted octanol–water partition coefficient (Wildman–Crippen LogP) is 3.18. The summed E-state index contributed by atoms with van der Waals surface area (Å²) in [5.74, 6) is 0.389. The number of rotatable bonds is 7. The molecule has 2 fully saturated rings. The molecule has 1 aromatic carbocycles. The molecule has 2 aromatic rings. The van der Waals surface area contributed by atoms with Crippen molar-refractivity contribution < 1.29 is 4.79 Å². The van der Waals surface area contributed by atoms with Gasteiger partial charge in [-0.25, -0.2) is 4.98 Å². The van der Waals surface area contributed by atoms with E-state index in [9.17, 15) is 4.79 Å². The summed E-state index contributed by atoms with van der Waals surface area (Å²) in [4.78, 5) is 22.2. The number of piperidine rings is 2. The topological polar surface area (TPSA) is 48.5 Å². The summed E-state index contributed by atoms with van der Waals surface area (Å²) in [6, 6.07) is 11.0. The SMILES string of the molecule is O=C(NCCc1ccccc1)[C@@H]1CCCN(C2CCN(Cc3nccs3)CC2)C1. The molecule has 6 heteroatoms. The summed E-state index contributed by atoms with van der Waals surface area (Å²) < 4.78 is 0. The molecule has 156 valence electrons. The van der Waals surface area contributed by atoms with Gasteiger partial charge in [-0.05, 0) is 44.2 Å². The molecule has 0 spiro atoms. The van der Waals surface area contributed by atoms with E-state index in [0.29, 0.717) is 6.04 Å². The monoisotopic (exact) mass is 412 g/mol. The number of amides is 1. The molecule has 1 amide bonds. The van der Waals surface area contributed by atoms with Crippen LogP contribution in [0.2, 0.25) is 0 Å². The zero-order chi connectivity index (χ0) is 19.9. The van der Waals surface area contributed by atoms with Crippen LogP contribution in [-0.2, 0) is 17.8 Å². The zero-order valence-electron chi connectivity index (χ0n) is 17.1. The average molecular weight is 413 g/mol. The van der Waals surface area contributed by atoms with Gasteiger partial charge in [0.25, 0.3) is 0 Å². The van der Waals surface area contributed by atoms with Crippen molar-refractivity contribution in [2.45, 2.75) is 44.7 Å². The molecule has 0 radical (unpaired) electrons. The van der Waals surface area contributed by atoms with Gasteiger partial charge in [0.2, 0.25) is 5.91 Å². The number of hydrogen-bond acceptors (Lipinski definition) is 5. The molecule has 1 N–H and O–H groups in total. The molecule has 2 aliphatic heterocycles. The van der Waals surface area contributed by atoms with E-state index in [2.05, 4.69) is 49.7 Å². The van der Waals surface area contributed by atoms with Crippen LogP contribution in [0, 0.1) is 5.92 Å². The van der Waals surface area contributed by atoms with E-state index in [1.807, 2.05) is 12.3 Å². The molecule has 0 saturated carbocycles. The van der Waals surface area contributed by atoms with Crippen molar-refractivity contribution in [2.75, 3.05) is 32.7 Å². The second-order valence-electron chi connectivity index (χ2n) is 8.29. The van der Waals surface area contributed by atoms with Crippen molar-refractivity contribution in [2.24, 2.45) is 5.92 Å². The molecule has 1 aromatic heterocycles. The molecule has 4 rings (SSSR count). The van der Waals surface area contributed by atoms with Gasteiger partial charge in [0.05, 0.1) is 12.5 Å². The van der Waals surface area contributed by atoms with Crippen LogP contribution in [0.1, 0.15) is 36.3 Å². The molecular formula is C23H32N4OS. The van der Waals surface area contributed by atoms with Crippen molar-refractivity contribution in [3.63, 3.8) is 0 Å². The van der Waals surface area contributed by atoms with Gasteiger partial charge in [0.1, 0.15) is 5.01 Å². The van der Waals surface area contributed by atoms with Crippen LogP contribution >= 0.6 is 11.3 Å². The van der Waals surface area contributed by atoms with Crippen molar-refractivity contribution in [3.8, 4) is 0 Å². The second kappa shape index (κ2) is 10.3. The van der Waals surface area contributed by atoms with Crippen LogP contribution in [0.3, 0.4) is 0 Å². The quantitative estimate of drug-likeness (QED) is 0.759. The molecule has 2 aliphatic rings. The van der Waals surface area contributed by atoms with Crippen LogP contribution < -0.4 is 5.32 Å². The number of thiazole rings is 1. The Balaban J connectivity index is 1.19. The van der Waals surface area contributed by atoms with Crippen LogP contribution in [0.4, 0.5) is 0 Å². The van der Waals surface area contributed by atoms with Gasteiger partial charge >= 0.3 is 0 Å². The highest BCUT2D eigenvalue weighted by Gasteiger charge is 2.31. The molecule has 29 heavy (non-hydrogen) atoms. The molecule has 0 unspecified atom stereocenters. The maximum absolute atomic E-state index is 12.7. The number of nitrogens with zero attached hydrogens (tertiary/aromatic N) is 3. The van der Waals surface area contributed by atoms with Gasteiger partial charge in [-0.2, -0.15) is 0 Å². The second-order valence-corrected chi connectivity index (χ2v) is 9.27. The standard InChI is InChI=1S/C23H32N4OS/c28-23(25-11-8-19-5-2-1-3-6-19)20-7-4-13-27(17-20)21-9-14-26(15-10-21)18-22-24-12-16-29-22/h1-3,5-6,12,16,20-21H,4,7-11,13-15,17-18H2,(H,25,28)/t20-/m1/s1. The lowest BCUT2D eigenvalue weighted by Gasteiger charge is -2.41. The Hall–Kier alpha value is -1.76. The highest BCUT2D eigenvalue weighted by atomic mass is 32.1. The first kappa shape index (κ1) is 20.5. The third-order valence-corrected chi connectivity index (χ3v) is 7.06. The van der Waals surface area contributed by atoms with Crippen molar-refractivity contribution in [1.82, 2.24) is 20.1 Å². The maximum atomic E-state index is 12.7. The van der Waals surface area contributed by atoms with Gasteiger partial charge in [-0.3, -0.25) is 14.6 Å². The van der Waals surface area contributed by atoms with Crippen LogP contribution in [0.5, 0.6) is 0 Å². The number of benzene rings is 1. The Morgan fingerprint density at radius 1 is 1.14 bits per heavy atom. The fraction of sp³-hybridized carbons (Fsp3) is 0.565. The zero-order valence-corrected chi connectivity index (χ0v) is 17.9. The minimum Gasteiger partial charge on any atom is -0.355 e. The number of hydrogen-bond donors (Lipinski definition) is 1. The van der Waals surface area contributed by atoms with Crippen LogP contribution in [0.15, 0.2) is 41.9 Å². The third kappa shape index (κ3) is 5.87. The van der Waals surface area contributed by atoms with Crippen LogP contribution in [0.25, 0.3) is 0 Å². The summed E-state index contributed by atoms with van der Waals surface area (Å²) in [6.07, 6.45) is 7.36. The van der Waals surface area contributed by atoms with E-state index in [4.69, 9.17) is 0 Å². The van der Waals surface area contributed by atoms with Crippen molar-refractivity contribution in [3.05, 3.63) is 52.5 Å². The number of aromatic nitrogens is 1. The lowest BCUT2D eigenvalue weighted by molar-refractivity contribution is -0.127. The highest BCUT2D eigenvalue weighted by Crippen LogP contribution is 2.25. The molecule has 3 heterocycles. The number of likely N-dealkylation sites (tertiary alicyclic amines) is 2. The van der Waals surface area contributed by atoms with E-state index in [1.54, 1.807) is 11.3 Å². The number of carbonyl (C=O) groups excluding carboxylic acids is 1. The van der Waals surface area contributed by atoms with Gasteiger partial charge in [0, 0.05) is 43.8 Å². The molecule has 5 nitrogen and oxygen atoms in total. The Kier molecular flexibility index (Phi) is 7.30. The van der Waals surface area contributed by atoms with E-state index in [0.717, 1.165) is 58.5 Å². The summed E-state index contributed by atoms with van der Waals surface area (Å²) >= 11 is 1.75. The smallest absolute Gasteiger partial charge is 0.224 e. The lowest BCUT2D eigenvalue weighted by atomic mass is 9.93. The van der Waals surface area contributed by atoms with Crippen molar-refractivity contribution in [1.29, 1.82) is 0 Å². The third-order valence-electron chi connectivity index (χ3n) is 6.30. The summed E-state index contributed by atoms with van der Waals surface area (Å²) in [6.45, 7) is 6.05. The van der Waals surface area contributed by atoms with E-state index in [-0.39, 0.29) is 11.8 Å². The Bertz CT molecular complexity index is 744. The largest absolute Gasteiger partial charge is 0.355 e. The minimum atomic E-state index is 0.146. The van der Waals surface area contributed by atoms with E-state index in [1.165, 1.54) is 23.4 Å². The highest BCUT2D eigenvalue weighted by molar-refractivity contribution is 7.09. The fourth-order valence-corrected chi connectivity index (χ4v) is 5.29. The van der Waals surface area contributed by atoms with Gasteiger partial charge < -0.3 is 5.32 Å². The molecule has 2 saturated heterocycles. The fourth-order valence-electron chi connectivity index (χ4n) is 4.64. The lowest BCUT2D eigenvalue weighted by Crippen LogP contribution is -2.50. The normalized spacial score (nSPS) is 21.9. The molecule has 0 bridgehead atoms. The number of nitrogens with one attached hydrogen (secondary N) is 1. The minimum absolute atomic E-state index is 0.146.